The number of nitrogens with one attached hydrogen (secondary N) is 1. The van der Waals surface area contributed by atoms with Crippen LogP contribution in [-0.2, 0) is 9.47 Å². The predicted molar refractivity (Wildman–Crippen MR) is 101 cm³/mol. The van der Waals surface area contributed by atoms with Crippen molar-refractivity contribution in [2.24, 2.45) is 0 Å². The first kappa shape index (κ1) is 21.5. The fourth-order valence-corrected chi connectivity index (χ4v) is 2.45. The SMILES string of the molecule is CCCCCOc1cccc(NC(=O)OCCN2CCOCC2)c1.Cl. The monoisotopic (exact) mass is 372 g/mol. The van der Waals surface area contributed by atoms with Gasteiger partial charge in [0.1, 0.15) is 12.4 Å². The van der Waals surface area contributed by atoms with Crippen LogP contribution in [0.1, 0.15) is 26.2 Å². The second-order valence-corrected chi connectivity index (χ2v) is 5.80. The molecule has 0 aromatic heterocycles. The van der Waals surface area contributed by atoms with Gasteiger partial charge in [0, 0.05) is 31.4 Å². The number of amides is 1. The van der Waals surface area contributed by atoms with Crippen molar-refractivity contribution in [3.05, 3.63) is 24.3 Å². The number of rotatable bonds is 9. The van der Waals surface area contributed by atoms with Crippen molar-refractivity contribution < 1.29 is 19.0 Å². The molecule has 0 atom stereocenters. The van der Waals surface area contributed by atoms with Gasteiger partial charge in [-0.05, 0) is 18.6 Å². The van der Waals surface area contributed by atoms with Gasteiger partial charge in [0.15, 0.2) is 0 Å². The van der Waals surface area contributed by atoms with E-state index in [0.717, 1.165) is 51.4 Å². The number of carbonyl (C=O) groups is 1. The first-order chi connectivity index (χ1) is 11.8. The largest absolute Gasteiger partial charge is 0.494 e. The van der Waals surface area contributed by atoms with E-state index in [0.29, 0.717) is 18.9 Å². The van der Waals surface area contributed by atoms with Gasteiger partial charge >= 0.3 is 6.09 Å². The highest BCUT2D eigenvalue weighted by atomic mass is 35.5. The van der Waals surface area contributed by atoms with Crippen molar-refractivity contribution in [1.29, 1.82) is 0 Å². The zero-order chi connectivity index (χ0) is 17.0. The topological polar surface area (TPSA) is 60.0 Å². The van der Waals surface area contributed by atoms with Crippen LogP contribution in [0.5, 0.6) is 5.75 Å². The molecule has 1 aromatic carbocycles. The van der Waals surface area contributed by atoms with E-state index in [4.69, 9.17) is 14.2 Å². The van der Waals surface area contributed by atoms with Crippen molar-refractivity contribution >= 4 is 24.2 Å². The van der Waals surface area contributed by atoms with Crippen molar-refractivity contribution in [3.8, 4) is 5.75 Å². The standard InChI is InChI=1S/C18H28N2O4.ClH/c1-2-3-4-11-23-17-7-5-6-16(15-17)19-18(21)24-14-10-20-8-12-22-13-9-20;/h5-7,15H,2-4,8-14H2,1H3,(H,19,21);1H. The van der Waals surface area contributed by atoms with E-state index in [1.165, 1.54) is 6.42 Å². The van der Waals surface area contributed by atoms with E-state index in [2.05, 4.69) is 17.1 Å². The lowest BCUT2D eigenvalue weighted by atomic mass is 10.2. The Balaban J connectivity index is 0.00000312. The Hall–Kier alpha value is -1.50. The maximum Gasteiger partial charge on any atom is 0.411 e. The summed E-state index contributed by atoms with van der Waals surface area (Å²) >= 11 is 0. The second-order valence-electron chi connectivity index (χ2n) is 5.80. The quantitative estimate of drug-likeness (QED) is 0.671. The molecule has 1 heterocycles. The number of unbranched alkanes of at least 4 members (excludes halogenated alkanes) is 2. The zero-order valence-electron chi connectivity index (χ0n) is 14.9. The van der Waals surface area contributed by atoms with Gasteiger partial charge in [0.2, 0.25) is 0 Å². The lowest BCUT2D eigenvalue weighted by Gasteiger charge is -2.26. The molecular formula is C18H29ClN2O4. The number of anilines is 1. The van der Waals surface area contributed by atoms with E-state index < -0.39 is 6.09 Å². The summed E-state index contributed by atoms with van der Waals surface area (Å²) in [5.41, 5.74) is 0.680. The normalized spacial score (nSPS) is 14.4. The van der Waals surface area contributed by atoms with E-state index in [1.54, 1.807) is 0 Å². The molecule has 0 aliphatic carbocycles. The lowest BCUT2D eigenvalue weighted by Crippen LogP contribution is -2.38. The van der Waals surface area contributed by atoms with E-state index in [1.807, 2.05) is 24.3 Å². The average Bonchev–Trinajstić information content (AvgIpc) is 2.60. The third kappa shape index (κ3) is 8.95. The highest BCUT2D eigenvalue weighted by Crippen LogP contribution is 2.18. The molecule has 25 heavy (non-hydrogen) atoms. The first-order valence-corrected chi connectivity index (χ1v) is 8.74. The fourth-order valence-electron chi connectivity index (χ4n) is 2.45. The van der Waals surface area contributed by atoms with Gasteiger partial charge in [-0.1, -0.05) is 25.8 Å². The molecule has 0 spiro atoms. The van der Waals surface area contributed by atoms with Crippen LogP contribution in [-0.4, -0.2) is 57.1 Å². The molecule has 2 rings (SSSR count). The van der Waals surface area contributed by atoms with E-state index in [9.17, 15) is 4.79 Å². The van der Waals surface area contributed by atoms with Gasteiger partial charge in [-0.25, -0.2) is 4.79 Å². The molecule has 142 valence electrons. The van der Waals surface area contributed by atoms with E-state index >= 15 is 0 Å². The summed E-state index contributed by atoms with van der Waals surface area (Å²) < 4.78 is 16.2. The first-order valence-electron chi connectivity index (χ1n) is 8.74. The molecule has 1 N–H and O–H groups in total. The Labute approximate surface area is 156 Å². The smallest absolute Gasteiger partial charge is 0.411 e. The molecule has 1 saturated heterocycles. The fraction of sp³-hybridized carbons (Fsp3) is 0.611. The number of ether oxygens (including phenoxy) is 3. The minimum Gasteiger partial charge on any atom is -0.494 e. The minimum atomic E-state index is -0.439. The summed E-state index contributed by atoms with van der Waals surface area (Å²) in [6.07, 6.45) is 2.93. The summed E-state index contributed by atoms with van der Waals surface area (Å²) in [7, 11) is 0. The van der Waals surface area contributed by atoms with Crippen molar-refractivity contribution in [2.45, 2.75) is 26.2 Å². The number of benzene rings is 1. The van der Waals surface area contributed by atoms with Crippen molar-refractivity contribution in [1.82, 2.24) is 4.90 Å². The Kier molecular flexibility index (Phi) is 11.0. The van der Waals surface area contributed by atoms with Crippen LogP contribution in [0.4, 0.5) is 10.5 Å². The number of hydrogen-bond acceptors (Lipinski definition) is 5. The third-order valence-corrected chi connectivity index (χ3v) is 3.84. The van der Waals surface area contributed by atoms with E-state index in [-0.39, 0.29) is 12.4 Å². The molecule has 1 fully saturated rings. The van der Waals surface area contributed by atoms with Crippen LogP contribution >= 0.6 is 12.4 Å². The van der Waals surface area contributed by atoms with Crippen LogP contribution in [0.25, 0.3) is 0 Å². The predicted octanol–water partition coefficient (Wildman–Crippen LogP) is 3.56. The zero-order valence-corrected chi connectivity index (χ0v) is 15.7. The maximum atomic E-state index is 11.8. The lowest BCUT2D eigenvalue weighted by molar-refractivity contribution is 0.0290. The molecule has 1 amide bonds. The molecule has 1 aliphatic rings. The molecule has 0 radical (unpaired) electrons. The molecule has 7 heteroatoms. The van der Waals surface area contributed by atoms with Crippen LogP contribution in [0.2, 0.25) is 0 Å². The molecule has 0 unspecified atom stereocenters. The second kappa shape index (κ2) is 12.8. The minimum absolute atomic E-state index is 0. The Bertz CT molecular complexity index is 496. The van der Waals surface area contributed by atoms with Crippen molar-refractivity contribution in [2.75, 3.05) is 51.4 Å². The summed E-state index contributed by atoms with van der Waals surface area (Å²) in [6.45, 7) is 7.24. The number of morpholine rings is 1. The van der Waals surface area contributed by atoms with Crippen LogP contribution in [0.15, 0.2) is 24.3 Å². The van der Waals surface area contributed by atoms with Crippen molar-refractivity contribution in [3.63, 3.8) is 0 Å². The highest BCUT2D eigenvalue weighted by Gasteiger charge is 2.11. The summed E-state index contributed by atoms with van der Waals surface area (Å²) in [4.78, 5) is 14.1. The molecule has 1 aromatic rings. The summed E-state index contributed by atoms with van der Waals surface area (Å²) in [5.74, 6) is 0.761. The summed E-state index contributed by atoms with van der Waals surface area (Å²) in [5, 5.41) is 2.74. The van der Waals surface area contributed by atoms with Gasteiger partial charge in [-0.2, -0.15) is 0 Å². The van der Waals surface area contributed by atoms with Gasteiger partial charge in [0.25, 0.3) is 0 Å². The molecule has 0 saturated carbocycles. The van der Waals surface area contributed by atoms with Gasteiger partial charge in [-0.15, -0.1) is 12.4 Å². The molecule has 6 nitrogen and oxygen atoms in total. The Morgan fingerprint density at radius 3 is 2.80 bits per heavy atom. The summed E-state index contributed by atoms with van der Waals surface area (Å²) in [6, 6.07) is 7.39. The van der Waals surface area contributed by atoms with Gasteiger partial charge in [-0.3, -0.25) is 10.2 Å². The van der Waals surface area contributed by atoms with Crippen LogP contribution in [0, 0.1) is 0 Å². The molecule has 0 bridgehead atoms. The average molecular weight is 373 g/mol. The molecule has 1 aliphatic heterocycles. The van der Waals surface area contributed by atoms with Gasteiger partial charge < -0.3 is 14.2 Å². The number of nitrogens with zero attached hydrogens (tertiary/aromatic N) is 1. The van der Waals surface area contributed by atoms with Crippen LogP contribution < -0.4 is 10.1 Å². The van der Waals surface area contributed by atoms with Gasteiger partial charge in [0.05, 0.1) is 19.8 Å². The third-order valence-electron chi connectivity index (χ3n) is 3.84. The number of carbonyl (C=O) groups excluding carboxylic acids is 1. The Morgan fingerprint density at radius 1 is 1.24 bits per heavy atom. The highest BCUT2D eigenvalue weighted by molar-refractivity contribution is 5.85. The number of hydrogen-bond donors (Lipinski definition) is 1. The van der Waals surface area contributed by atoms with Crippen LogP contribution in [0.3, 0.4) is 0 Å². The molecular weight excluding hydrogens is 344 g/mol. The maximum absolute atomic E-state index is 11.8. The Morgan fingerprint density at radius 2 is 2.04 bits per heavy atom. The number of halogens is 1.